The molecule has 25 heavy (non-hydrogen) atoms. The summed E-state index contributed by atoms with van der Waals surface area (Å²) in [6.07, 6.45) is 0. The summed E-state index contributed by atoms with van der Waals surface area (Å²) in [5, 5.41) is 0. The molecule has 1 aromatic carbocycles. The summed E-state index contributed by atoms with van der Waals surface area (Å²) in [6, 6.07) is 8.91. The topological polar surface area (TPSA) is 52.3 Å². The van der Waals surface area contributed by atoms with E-state index in [0.717, 1.165) is 16.9 Å². The third-order valence-electron chi connectivity index (χ3n) is 4.37. The molecule has 0 unspecified atom stereocenters. The van der Waals surface area contributed by atoms with E-state index in [1.807, 2.05) is 30.4 Å². The number of imidazole rings is 1. The van der Waals surface area contributed by atoms with Crippen molar-refractivity contribution in [3.8, 4) is 17.3 Å². The van der Waals surface area contributed by atoms with Crippen LogP contribution in [0.2, 0.25) is 0 Å². The molecule has 0 radical (unpaired) electrons. The van der Waals surface area contributed by atoms with Crippen LogP contribution < -0.4 is 4.74 Å². The molecule has 0 N–H and O–H groups in total. The summed E-state index contributed by atoms with van der Waals surface area (Å²) in [5.41, 5.74) is 4.77. The standard InChI is InChI=1S/C19H17FN4O/c1-10-6-5-7-13(16(10)20)18-22-12(3)17-11(2)21-14-8-9-15(25-4)23-19(14)24(17)18/h5-9H,1-4H3. The van der Waals surface area contributed by atoms with Crippen molar-refractivity contribution < 1.29 is 9.13 Å². The number of rotatable bonds is 2. The second-order valence-electron chi connectivity index (χ2n) is 6.03. The summed E-state index contributed by atoms with van der Waals surface area (Å²) in [4.78, 5) is 13.8. The first-order chi connectivity index (χ1) is 12.0. The molecule has 0 saturated carbocycles. The molecule has 0 aliphatic carbocycles. The lowest BCUT2D eigenvalue weighted by molar-refractivity contribution is 0.399. The number of hydrogen-bond acceptors (Lipinski definition) is 4. The van der Waals surface area contributed by atoms with E-state index in [4.69, 9.17) is 4.74 Å². The fraction of sp³-hybridized carbons (Fsp3) is 0.211. The van der Waals surface area contributed by atoms with Gasteiger partial charge in [0.2, 0.25) is 5.88 Å². The molecule has 3 aromatic heterocycles. The van der Waals surface area contributed by atoms with Crippen LogP contribution in [0.1, 0.15) is 17.0 Å². The van der Waals surface area contributed by atoms with Gasteiger partial charge in [-0.2, -0.15) is 4.98 Å². The van der Waals surface area contributed by atoms with E-state index >= 15 is 0 Å². The average molecular weight is 336 g/mol. The van der Waals surface area contributed by atoms with Gasteiger partial charge in [-0.05, 0) is 38.5 Å². The molecule has 3 heterocycles. The first kappa shape index (κ1) is 15.5. The zero-order valence-corrected chi connectivity index (χ0v) is 14.5. The number of aryl methyl sites for hydroxylation is 3. The number of ether oxygens (including phenoxy) is 1. The smallest absolute Gasteiger partial charge is 0.215 e. The maximum absolute atomic E-state index is 14.8. The zero-order chi connectivity index (χ0) is 17.7. The zero-order valence-electron chi connectivity index (χ0n) is 14.5. The van der Waals surface area contributed by atoms with Gasteiger partial charge in [-0.3, -0.25) is 4.40 Å². The van der Waals surface area contributed by atoms with Crippen molar-refractivity contribution in [3.05, 3.63) is 53.1 Å². The SMILES string of the molecule is COc1ccc2nc(C)c3c(C)nc(-c4cccc(C)c4F)n3c2n1. The molecule has 0 amide bonds. The van der Waals surface area contributed by atoms with E-state index in [1.54, 1.807) is 32.2 Å². The maximum atomic E-state index is 14.8. The molecule has 0 saturated heterocycles. The minimum absolute atomic E-state index is 0.278. The Bertz CT molecular complexity index is 1130. The number of nitrogens with zero attached hydrogens (tertiary/aromatic N) is 4. The van der Waals surface area contributed by atoms with Crippen LogP contribution in [0.3, 0.4) is 0 Å². The Morgan fingerprint density at radius 1 is 0.960 bits per heavy atom. The molecule has 0 spiro atoms. The number of aromatic nitrogens is 4. The predicted molar refractivity (Wildman–Crippen MR) is 94.4 cm³/mol. The Kier molecular flexibility index (Phi) is 3.42. The van der Waals surface area contributed by atoms with Crippen molar-refractivity contribution in [2.24, 2.45) is 0 Å². The van der Waals surface area contributed by atoms with Crippen LogP contribution in [-0.4, -0.2) is 26.5 Å². The Morgan fingerprint density at radius 2 is 1.72 bits per heavy atom. The Hall–Kier alpha value is -3.02. The molecule has 0 atom stereocenters. The van der Waals surface area contributed by atoms with Gasteiger partial charge in [0.15, 0.2) is 5.65 Å². The predicted octanol–water partition coefficient (Wildman–Crippen LogP) is 4.02. The molecule has 0 aliphatic rings. The van der Waals surface area contributed by atoms with Crippen LogP contribution in [-0.2, 0) is 0 Å². The van der Waals surface area contributed by atoms with Crippen molar-refractivity contribution in [2.75, 3.05) is 7.11 Å². The number of benzene rings is 1. The highest BCUT2D eigenvalue weighted by Gasteiger charge is 2.20. The van der Waals surface area contributed by atoms with Crippen LogP contribution in [0.4, 0.5) is 4.39 Å². The van der Waals surface area contributed by atoms with Crippen LogP contribution in [0, 0.1) is 26.6 Å². The van der Waals surface area contributed by atoms with E-state index in [1.165, 1.54) is 0 Å². The second kappa shape index (κ2) is 5.51. The summed E-state index contributed by atoms with van der Waals surface area (Å²) in [6.45, 7) is 5.56. The highest BCUT2D eigenvalue weighted by molar-refractivity contribution is 5.81. The van der Waals surface area contributed by atoms with Gasteiger partial charge in [-0.25, -0.2) is 14.4 Å². The first-order valence-electron chi connectivity index (χ1n) is 7.97. The molecule has 4 aromatic rings. The number of methoxy groups -OCH3 is 1. The number of halogens is 1. The lowest BCUT2D eigenvalue weighted by Gasteiger charge is -2.10. The highest BCUT2D eigenvalue weighted by atomic mass is 19.1. The molecular weight excluding hydrogens is 319 g/mol. The quantitative estimate of drug-likeness (QED) is 0.555. The van der Waals surface area contributed by atoms with Crippen molar-refractivity contribution >= 4 is 16.7 Å². The van der Waals surface area contributed by atoms with E-state index in [0.29, 0.717) is 34.0 Å². The second-order valence-corrected chi connectivity index (χ2v) is 6.03. The molecule has 0 bridgehead atoms. The Labute approximate surface area is 144 Å². The van der Waals surface area contributed by atoms with Gasteiger partial charge in [-0.1, -0.05) is 12.1 Å². The van der Waals surface area contributed by atoms with Crippen molar-refractivity contribution in [2.45, 2.75) is 20.8 Å². The van der Waals surface area contributed by atoms with Gasteiger partial charge < -0.3 is 4.74 Å². The van der Waals surface area contributed by atoms with Gasteiger partial charge in [0.1, 0.15) is 17.2 Å². The molecule has 0 fully saturated rings. The fourth-order valence-corrected chi connectivity index (χ4v) is 3.18. The van der Waals surface area contributed by atoms with E-state index in [2.05, 4.69) is 15.0 Å². The van der Waals surface area contributed by atoms with Crippen LogP contribution >= 0.6 is 0 Å². The van der Waals surface area contributed by atoms with Crippen molar-refractivity contribution in [3.63, 3.8) is 0 Å². The van der Waals surface area contributed by atoms with E-state index in [-0.39, 0.29) is 5.82 Å². The van der Waals surface area contributed by atoms with Gasteiger partial charge in [-0.15, -0.1) is 0 Å². The largest absolute Gasteiger partial charge is 0.481 e. The minimum atomic E-state index is -0.278. The summed E-state index contributed by atoms with van der Waals surface area (Å²) in [7, 11) is 1.56. The van der Waals surface area contributed by atoms with E-state index in [9.17, 15) is 4.39 Å². The van der Waals surface area contributed by atoms with Gasteiger partial charge >= 0.3 is 0 Å². The summed E-state index contributed by atoms with van der Waals surface area (Å²) < 4.78 is 21.9. The number of hydrogen-bond donors (Lipinski definition) is 0. The Morgan fingerprint density at radius 3 is 2.48 bits per heavy atom. The molecular formula is C19H17FN4O. The molecule has 126 valence electrons. The van der Waals surface area contributed by atoms with Gasteiger partial charge in [0, 0.05) is 6.07 Å². The third kappa shape index (κ3) is 2.25. The average Bonchev–Trinajstić information content (AvgIpc) is 2.95. The normalized spacial score (nSPS) is 11.4. The van der Waals surface area contributed by atoms with Crippen molar-refractivity contribution in [1.29, 1.82) is 0 Å². The molecule has 5 nitrogen and oxygen atoms in total. The Balaban J connectivity index is 2.20. The van der Waals surface area contributed by atoms with Crippen LogP contribution in [0.25, 0.3) is 28.1 Å². The fourth-order valence-electron chi connectivity index (χ4n) is 3.18. The third-order valence-corrected chi connectivity index (χ3v) is 4.37. The van der Waals surface area contributed by atoms with Crippen molar-refractivity contribution in [1.82, 2.24) is 19.4 Å². The van der Waals surface area contributed by atoms with Gasteiger partial charge in [0.25, 0.3) is 0 Å². The lowest BCUT2D eigenvalue weighted by Crippen LogP contribution is -2.01. The van der Waals surface area contributed by atoms with Gasteiger partial charge in [0.05, 0.1) is 29.6 Å². The van der Waals surface area contributed by atoms with Crippen LogP contribution in [0.5, 0.6) is 5.88 Å². The van der Waals surface area contributed by atoms with Crippen LogP contribution in [0.15, 0.2) is 30.3 Å². The first-order valence-corrected chi connectivity index (χ1v) is 7.97. The monoisotopic (exact) mass is 336 g/mol. The number of pyridine rings is 1. The lowest BCUT2D eigenvalue weighted by atomic mass is 10.1. The summed E-state index contributed by atoms with van der Waals surface area (Å²) in [5.74, 6) is 0.714. The minimum Gasteiger partial charge on any atom is -0.481 e. The highest BCUT2D eigenvalue weighted by Crippen LogP contribution is 2.30. The number of fused-ring (bicyclic) bond motifs is 3. The molecule has 0 aliphatic heterocycles. The maximum Gasteiger partial charge on any atom is 0.215 e. The molecule has 6 heteroatoms. The summed E-state index contributed by atoms with van der Waals surface area (Å²) >= 11 is 0. The molecule has 4 rings (SSSR count). The van der Waals surface area contributed by atoms with E-state index < -0.39 is 0 Å².